The second-order valence-corrected chi connectivity index (χ2v) is 4.53. The first-order valence-electron chi connectivity index (χ1n) is 6.22. The highest BCUT2D eigenvalue weighted by atomic mass is 16.2. The van der Waals surface area contributed by atoms with E-state index in [9.17, 15) is 4.79 Å². The quantitative estimate of drug-likeness (QED) is 0.870. The first-order valence-corrected chi connectivity index (χ1v) is 6.22. The Morgan fingerprint density at radius 1 is 1.47 bits per heavy atom. The number of amides is 1. The lowest BCUT2D eigenvalue weighted by Gasteiger charge is -2.34. The van der Waals surface area contributed by atoms with Gasteiger partial charge in [-0.05, 0) is 27.2 Å². The predicted molar refractivity (Wildman–Crippen MR) is 68.4 cm³/mol. The smallest absolute Gasteiger partial charge is 0.244 e. The molecule has 5 heteroatoms. The van der Waals surface area contributed by atoms with E-state index in [1.54, 1.807) is 0 Å². The van der Waals surface area contributed by atoms with Crippen LogP contribution in [0.25, 0.3) is 0 Å². The lowest BCUT2D eigenvalue weighted by molar-refractivity contribution is -0.115. The number of nitrogens with zero attached hydrogens (tertiary/aromatic N) is 3. The van der Waals surface area contributed by atoms with Gasteiger partial charge >= 0.3 is 0 Å². The minimum Gasteiger partial charge on any atom is -0.343 e. The van der Waals surface area contributed by atoms with E-state index in [1.165, 1.54) is 0 Å². The fraction of sp³-hybridized carbons (Fsp3) is 0.667. The second-order valence-electron chi connectivity index (χ2n) is 4.53. The summed E-state index contributed by atoms with van der Waals surface area (Å²) in [5, 5.41) is 7.40. The molecule has 2 rings (SSSR count). The van der Waals surface area contributed by atoms with Gasteiger partial charge in [0.05, 0.1) is 12.2 Å². The molecule has 0 bridgehead atoms. The fourth-order valence-corrected chi connectivity index (χ4v) is 2.22. The van der Waals surface area contributed by atoms with Crippen LogP contribution in [0.2, 0.25) is 0 Å². The first kappa shape index (κ1) is 12.0. The average Bonchev–Trinajstić information content (AvgIpc) is 2.64. The van der Waals surface area contributed by atoms with Gasteiger partial charge < -0.3 is 10.2 Å². The molecule has 2 heterocycles. The normalized spacial score (nSPS) is 16.7. The molecule has 94 valence electrons. The second kappa shape index (κ2) is 4.39. The minimum absolute atomic E-state index is 0.0524. The van der Waals surface area contributed by atoms with E-state index < -0.39 is 0 Å². The summed E-state index contributed by atoms with van der Waals surface area (Å²) in [6, 6.07) is 0.348. The van der Waals surface area contributed by atoms with Crippen LogP contribution in [0.4, 0.5) is 11.5 Å². The average molecular weight is 236 g/mol. The summed E-state index contributed by atoms with van der Waals surface area (Å²) in [7, 11) is 0. The van der Waals surface area contributed by atoms with Crippen LogP contribution in [0.5, 0.6) is 0 Å². The van der Waals surface area contributed by atoms with Crippen molar-refractivity contribution in [3.8, 4) is 0 Å². The standard InChI is InChI=1S/C12H20N4O/c1-5-8(3)15-7-10(17)13-11-9(4)14-16(6-2)12(11)15/h8H,5-7H2,1-4H3,(H,13,17). The number of nitrogens with one attached hydrogen (secondary N) is 1. The van der Waals surface area contributed by atoms with Crippen molar-refractivity contribution < 1.29 is 4.79 Å². The van der Waals surface area contributed by atoms with Gasteiger partial charge in [-0.25, -0.2) is 4.68 Å². The summed E-state index contributed by atoms with van der Waals surface area (Å²) in [4.78, 5) is 13.9. The zero-order chi connectivity index (χ0) is 12.6. The van der Waals surface area contributed by atoms with Crippen molar-refractivity contribution in [1.29, 1.82) is 0 Å². The highest BCUT2D eigenvalue weighted by Crippen LogP contribution is 2.34. The van der Waals surface area contributed by atoms with Crippen LogP contribution in [0.15, 0.2) is 0 Å². The Kier molecular flexibility index (Phi) is 3.09. The lowest BCUT2D eigenvalue weighted by atomic mass is 10.1. The van der Waals surface area contributed by atoms with Crippen molar-refractivity contribution >= 4 is 17.4 Å². The van der Waals surface area contributed by atoms with Gasteiger partial charge in [-0.1, -0.05) is 6.92 Å². The molecule has 1 aliphatic rings. The van der Waals surface area contributed by atoms with Gasteiger partial charge in [0, 0.05) is 12.6 Å². The van der Waals surface area contributed by atoms with Crippen LogP contribution in [0.3, 0.4) is 0 Å². The molecule has 0 saturated carbocycles. The third-order valence-electron chi connectivity index (χ3n) is 3.37. The van der Waals surface area contributed by atoms with E-state index in [1.807, 2.05) is 11.6 Å². The lowest BCUT2D eigenvalue weighted by Crippen LogP contribution is -2.44. The molecule has 0 fully saturated rings. The maximum Gasteiger partial charge on any atom is 0.244 e. The van der Waals surface area contributed by atoms with E-state index in [4.69, 9.17) is 0 Å². The number of carbonyl (C=O) groups excluding carboxylic acids is 1. The molecule has 0 aliphatic carbocycles. The molecule has 1 amide bonds. The zero-order valence-corrected chi connectivity index (χ0v) is 10.9. The maximum atomic E-state index is 11.7. The monoisotopic (exact) mass is 236 g/mol. The summed E-state index contributed by atoms with van der Waals surface area (Å²) >= 11 is 0. The number of rotatable bonds is 3. The number of anilines is 2. The summed E-state index contributed by atoms with van der Waals surface area (Å²) in [5.74, 6) is 1.11. The third-order valence-corrected chi connectivity index (χ3v) is 3.37. The van der Waals surface area contributed by atoms with Gasteiger partial charge in [-0.3, -0.25) is 4.79 Å². The number of fused-ring (bicyclic) bond motifs is 1. The summed E-state index contributed by atoms with van der Waals surface area (Å²) in [6.45, 7) is 9.52. The van der Waals surface area contributed by atoms with Crippen LogP contribution in [-0.4, -0.2) is 28.3 Å². The Morgan fingerprint density at radius 3 is 2.76 bits per heavy atom. The minimum atomic E-state index is 0.0524. The van der Waals surface area contributed by atoms with Crippen LogP contribution < -0.4 is 10.2 Å². The Balaban J connectivity index is 2.50. The highest BCUT2D eigenvalue weighted by Gasteiger charge is 2.30. The fourth-order valence-electron chi connectivity index (χ4n) is 2.22. The molecule has 5 nitrogen and oxygen atoms in total. The molecule has 1 unspecified atom stereocenters. The van der Waals surface area contributed by atoms with Gasteiger partial charge in [-0.2, -0.15) is 5.10 Å². The van der Waals surface area contributed by atoms with Crippen molar-refractivity contribution in [1.82, 2.24) is 9.78 Å². The van der Waals surface area contributed by atoms with Gasteiger partial charge in [0.2, 0.25) is 5.91 Å². The molecule has 0 spiro atoms. The molecule has 1 N–H and O–H groups in total. The van der Waals surface area contributed by atoms with Gasteiger partial charge in [0.1, 0.15) is 5.69 Å². The summed E-state index contributed by atoms with van der Waals surface area (Å²) in [6.07, 6.45) is 1.01. The zero-order valence-electron chi connectivity index (χ0n) is 10.9. The number of aryl methyl sites for hydroxylation is 2. The first-order chi connectivity index (χ1) is 8.08. The molecular weight excluding hydrogens is 216 g/mol. The molecule has 1 aliphatic heterocycles. The van der Waals surface area contributed by atoms with Crippen LogP contribution in [0.1, 0.15) is 32.9 Å². The third kappa shape index (κ3) is 1.90. The largest absolute Gasteiger partial charge is 0.343 e. The SMILES string of the molecule is CCC(C)N1CC(=O)Nc2c(C)nn(CC)c21. The summed E-state index contributed by atoms with van der Waals surface area (Å²) in [5.41, 5.74) is 1.77. The number of hydrogen-bond donors (Lipinski definition) is 1. The molecule has 17 heavy (non-hydrogen) atoms. The van der Waals surface area contributed by atoms with E-state index >= 15 is 0 Å². The number of aromatic nitrogens is 2. The number of hydrogen-bond acceptors (Lipinski definition) is 3. The number of carbonyl (C=O) groups is 1. The topological polar surface area (TPSA) is 50.2 Å². The van der Waals surface area contributed by atoms with Gasteiger partial charge in [-0.15, -0.1) is 0 Å². The molecular formula is C12H20N4O. The van der Waals surface area contributed by atoms with Gasteiger partial charge in [0.25, 0.3) is 0 Å². The van der Waals surface area contributed by atoms with Crippen LogP contribution in [-0.2, 0) is 11.3 Å². The van der Waals surface area contributed by atoms with Crippen molar-refractivity contribution in [2.75, 3.05) is 16.8 Å². The Hall–Kier alpha value is -1.52. The van der Waals surface area contributed by atoms with E-state index in [2.05, 4.69) is 36.1 Å². The van der Waals surface area contributed by atoms with Crippen molar-refractivity contribution in [3.63, 3.8) is 0 Å². The van der Waals surface area contributed by atoms with Crippen molar-refractivity contribution in [2.45, 2.75) is 46.7 Å². The van der Waals surface area contributed by atoms with Crippen LogP contribution >= 0.6 is 0 Å². The van der Waals surface area contributed by atoms with Crippen molar-refractivity contribution in [2.24, 2.45) is 0 Å². The summed E-state index contributed by atoms with van der Waals surface area (Å²) < 4.78 is 1.97. The Morgan fingerprint density at radius 2 is 2.18 bits per heavy atom. The predicted octanol–water partition coefficient (Wildman–Crippen LogP) is 1.77. The maximum absolute atomic E-state index is 11.7. The van der Waals surface area contributed by atoms with Gasteiger partial charge in [0.15, 0.2) is 5.82 Å². The highest BCUT2D eigenvalue weighted by molar-refractivity contribution is 6.01. The van der Waals surface area contributed by atoms with Crippen molar-refractivity contribution in [3.05, 3.63) is 5.69 Å². The van der Waals surface area contributed by atoms with E-state index in [0.717, 1.165) is 30.2 Å². The van der Waals surface area contributed by atoms with E-state index in [-0.39, 0.29) is 5.91 Å². The molecule has 0 saturated heterocycles. The molecule has 1 atom stereocenters. The molecule has 0 radical (unpaired) electrons. The molecule has 1 aromatic heterocycles. The molecule has 1 aromatic rings. The Bertz CT molecular complexity index is 438. The molecule has 0 aromatic carbocycles. The Labute approximate surface area is 102 Å². The van der Waals surface area contributed by atoms with E-state index in [0.29, 0.717) is 12.6 Å². The van der Waals surface area contributed by atoms with Crippen LogP contribution in [0, 0.1) is 6.92 Å².